The third kappa shape index (κ3) is 4.88. The summed E-state index contributed by atoms with van der Waals surface area (Å²) in [4.78, 5) is 27.0. The van der Waals surface area contributed by atoms with Gasteiger partial charge in [-0.15, -0.1) is 0 Å². The minimum Gasteiger partial charge on any atom is -0.465 e. The summed E-state index contributed by atoms with van der Waals surface area (Å²) < 4.78 is 35.0. The topological polar surface area (TPSA) is 99.9 Å². The minimum atomic E-state index is -3.90. The van der Waals surface area contributed by atoms with Crippen molar-refractivity contribution in [2.24, 2.45) is 5.92 Å². The normalized spacial score (nSPS) is 18.9. The van der Waals surface area contributed by atoms with Crippen LogP contribution in [-0.2, 0) is 32.6 Å². The van der Waals surface area contributed by atoms with Gasteiger partial charge in [0.1, 0.15) is 16.4 Å². The van der Waals surface area contributed by atoms with E-state index in [2.05, 4.69) is 21.2 Å². The summed E-state index contributed by atoms with van der Waals surface area (Å²) in [6.45, 7) is 4.79. The molecule has 1 fully saturated rings. The number of hydrogen-bond donors (Lipinski definition) is 1. The summed E-state index contributed by atoms with van der Waals surface area (Å²) in [5.41, 5.74) is 1.31. The van der Waals surface area contributed by atoms with E-state index in [4.69, 9.17) is 4.42 Å². The second kappa shape index (κ2) is 9.60. The number of carbonyl (C=O) groups excluding carboxylic acids is 2. The number of amides is 2. The number of nitrogens with one attached hydrogen (secondary N) is 1. The lowest BCUT2D eigenvalue weighted by atomic mass is 9.99. The van der Waals surface area contributed by atoms with Crippen LogP contribution in [0.4, 0.5) is 5.69 Å². The van der Waals surface area contributed by atoms with E-state index < -0.39 is 15.9 Å². The van der Waals surface area contributed by atoms with E-state index in [0.29, 0.717) is 54.7 Å². The number of halogens is 1. The van der Waals surface area contributed by atoms with E-state index in [1.165, 1.54) is 4.31 Å². The van der Waals surface area contributed by atoms with Gasteiger partial charge in [0.05, 0.1) is 18.2 Å². The highest BCUT2D eigenvalue weighted by molar-refractivity contribution is 9.10. The van der Waals surface area contributed by atoms with Gasteiger partial charge in [0.2, 0.25) is 21.8 Å². The number of carbonyl (C=O) groups is 2. The molecule has 2 aromatic rings. The Hall–Kier alpha value is -2.17. The lowest BCUT2D eigenvalue weighted by molar-refractivity contribution is -0.126. The van der Waals surface area contributed by atoms with Crippen LogP contribution < -0.4 is 10.2 Å². The lowest BCUT2D eigenvalue weighted by Crippen LogP contribution is -2.45. The van der Waals surface area contributed by atoms with Gasteiger partial charge in [-0.05, 0) is 56.0 Å². The smallest absolute Gasteiger partial charge is 0.245 e. The average Bonchev–Trinajstić information content (AvgIpc) is 3.42. The van der Waals surface area contributed by atoms with Gasteiger partial charge in [-0.3, -0.25) is 9.59 Å². The molecule has 1 aromatic heterocycles. The maximum absolute atomic E-state index is 13.7. The molecule has 178 valence electrons. The first-order chi connectivity index (χ1) is 15.7. The molecular formula is C23H28BrN3O5S. The second-order valence-corrected chi connectivity index (χ2v) is 11.3. The first kappa shape index (κ1) is 24.0. The van der Waals surface area contributed by atoms with Crippen molar-refractivity contribution in [1.82, 2.24) is 9.62 Å². The number of piperidine rings is 1. The fraction of sp³-hybridized carbons (Fsp3) is 0.478. The maximum atomic E-state index is 13.7. The molecule has 1 saturated heterocycles. The van der Waals surface area contributed by atoms with E-state index in [0.717, 1.165) is 11.3 Å². The molecule has 10 heteroatoms. The van der Waals surface area contributed by atoms with Gasteiger partial charge in [-0.2, -0.15) is 4.31 Å². The molecule has 33 heavy (non-hydrogen) atoms. The minimum absolute atomic E-state index is 0.100. The van der Waals surface area contributed by atoms with Crippen molar-refractivity contribution >= 4 is 43.5 Å². The number of hydrogen-bond acceptors (Lipinski definition) is 5. The number of nitrogens with zero attached hydrogens (tertiary/aromatic N) is 2. The summed E-state index contributed by atoms with van der Waals surface area (Å²) in [5.74, 6) is 0.693. The Morgan fingerprint density at radius 3 is 2.73 bits per heavy atom. The Labute approximate surface area is 202 Å². The zero-order chi connectivity index (χ0) is 23.8. The SMILES string of the molecule is CCC(=O)N1CCc2cc(Br)cc(S(=O)(=O)N3CCCC(C(=O)NCc4ccc(C)o4)C3)c21. The molecule has 1 aromatic carbocycles. The highest BCUT2D eigenvalue weighted by atomic mass is 79.9. The van der Waals surface area contributed by atoms with Crippen molar-refractivity contribution in [3.63, 3.8) is 0 Å². The van der Waals surface area contributed by atoms with Crippen LogP contribution in [0.5, 0.6) is 0 Å². The first-order valence-electron chi connectivity index (χ1n) is 11.2. The van der Waals surface area contributed by atoms with Gasteiger partial charge in [0.25, 0.3) is 0 Å². The van der Waals surface area contributed by atoms with Gasteiger partial charge in [0.15, 0.2) is 0 Å². The molecule has 1 N–H and O–H groups in total. The van der Waals surface area contributed by atoms with Crippen molar-refractivity contribution < 1.29 is 22.4 Å². The Bertz CT molecular complexity index is 1180. The maximum Gasteiger partial charge on any atom is 0.245 e. The summed E-state index contributed by atoms with van der Waals surface area (Å²) in [6, 6.07) is 7.09. The Balaban J connectivity index is 1.55. The van der Waals surface area contributed by atoms with Gasteiger partial charge < -0.3 is 14.6 Å². The Morgan fingerprint density at radius 1 is 1.24 bits per heavy atom. The summed E-state index contributed by atoms with van der Waals surface area (Å²) >= 11 is 3.43. The predicted octanol–water partition coefficient (Wildman–Crippen LogP) is 3.37. The number of anilines is 1. The van der Waals surface area contributed by atoms with Crippen molar-refractivity contribution in [3.05, 3.63) is 45.8 Å². The van der Waals surface area contributed by atoms with Crippen LogP contribution >= 0.6 is 15.9 Å². The molecule has 2 amide bonds. The Morgan fingerprint density at radius 2 is 2.03 bits per heavy atom. The van der Waals surface area contributed by atoms with E-state index in [1.54, 1.807) is 17.9 Å². The predicted molar refractivity (Wildman–Crippen MR) is 127 cm³/mol. The molecule has 1 atom stereocenters. The molecular weight excluding hydrogens is 510 g/mol. The highest BCUT2D eigenvalue weighted by Gasteiger charge is 2.38. The number of furan rings is 1. The number of rotatable bonds is 6. The molecule has 3 heterocycles. The van der Waals surface area contributed by atoms with E-state index >= 15 is 0 Å². The second-order valence-electron chi connectivity index (χ2n) is 8.49. The highest BCUT2D eigenvalue weighted by Crippen LogP contribution is 2.39. The van der Waals surface area contributed by atoms with E-state index in [9.17, 15) is 18.0 Å². The molecule has 0 bridgehead atoms. The van der Waals surface area contributed by atoms with Gasteiger partial charge in [-0.25, -0.2) is 8.42 Å². The largest absolute Gasteiger partial charge is 0.465 e. The third-order valence-electron chi connectivity index (χ3n) is 6.20. The van der Waals surface area contributed by atoms with Crippen LogP contribution in [0.25, 0.3) is 0 Å². The van der Waals surface area contributed by atoms with E-state index in [1.807, 2.05) is 25.1 Å². The molecule has 1 unspecified atom stereocenters. The molecule has 0 radical (unpaired) electrons. The molecule has 2 aliphatic heterocycles. The molecule has 0 aliphatic carbocycles. The van der Waals surface area contributed by atoms with Gasteiger partial charge in [0, 0.05) is 30.5 Å². The van der Waals surface area contributed by atoms with Crippen LogP contribution in [-0.4, -0.2) is 44.2 Å². The van der Waals surface area contributed by atoms with Crippen LogP contribution in [0, 0.1) is 12.8 Å². The zero-order valence-corrected chi connectivity index (χ0v) is 21.2. The number of sulfonamides is 1. The van der Waals surface area contributed by atoms with Gasteiger partial charge in [-0.1, -0.05) is 22.9 Å². The molecule has 8 nitrogen and oxygen atoms in total. The summed E-state index contributed by atoms with van der Waals surface area (Å²) in [7, 11) is -3.90. The molecule has 0 saturated carbocycles. The van der Waals surface area contributed by atoms with E-state index in [-0.39, 0.29) is 29.8 Å². The fourth-order valence-corrected chi connectivity index (χ4v) is 6.96. The van der Waals surface area contributed by atoms with Crippen LogP contribution in [0.3, 0.4) is 0 Å². The van der Waals surface area contributed by atoms with Crippen molar-refractivity contribution in [1.29, 1.82) is 0 Å². The zero-order valence-electron chi connectivity index (χ0n) is 18.8. The lowest BCUT2D eigenvalue weighted by Gasteiger charge is -2.32. The van der Waals surface area contributed by atoms with Gasteiger partial charge >= 0.3 is 0 Å². The molecule has 4 rings (SSSR count). The monoisotopic (exact) mass is 537 g/mol. The average molecular weight is 538 g/mol. The first-order valence-corrected chi connectivity index (χ1v) is 13.4. The quantitative estimate of drug-likeness (QED) is 0.608. The molecule has 0 spiro atoms. The number of benzene rings is 1. The summed E-state index contributed by atoms with van der Waals surface area (Å²) in [5, 5.41) is 2.86. The Kier molecular flexibility index (Phi) is 6.97. The molecule has 2 aliphatic rings. The summed E-state index contributed by atoms with van der Waals surface area (Å²) in [6.07, 6.45) is 2.12. The third-order valence-corrected chi connectivity index (χ3v) is 8.54. The fourth-order valence-electron chi connectivity index (χ4n) is 4.52. The van der Waals surface area contributed by atoms with Crippen LogP contribution in [0.15, 0.2) is 38.1 Å². The van der Waals surface area contributed by atoms with Crippen LogP contribution in [0.1, 0.15) is 43.3 Å². The van der Waals surface area contributed by atoms with Crippen molar-refractivity contribution in [2.75, 3.05) is 24.5 Å². The number of fused-ring (bicyclic) bond motifs is 1. The van der Waals surface area contributed by atoms with Crippen molar-refractivity contribution in [2.45, 2.75) is 51.0 Å². The van der Waals surface area contributed by atoms with Crippen molar-refractivity contribution in [3.8, 4) is 0 Å². The van der Waals surface area contributed by atoms with Crippen LogP contribution in [0.2, 0.25) is 0 Å². The standard InChI is InChI=1S/C23H28BrN3O5S/c1-3-21(28)27-10-8-16-11-18(24)12-20(22(16)27)33(30,31)26-9-4-5-17(14-26)23(29)25-13-19-7-6-15(2)32-19/h6-7,11-12,17H,3-5,8-10,13-14H2,1-2H3,(H,25,29). The number of aryl methyl sites for hydroxylation is 1.